The van der Waals surface area contributed by atoms with Crippen LogP contribution < -0.4 is 11.3 Å². The third-order valence-corrected chi connectivity index (χ3v) is 3.24. The van der Waals surface area contributed by atoms with Gasteiger partial charge in [-0.05, 0) is 31.5 Å². The normalized spacial score (nSPS) is 12.5. The molecule has 0 radical (unpaired) electrons. The van der Waals surface area contributed by atoms with Gasteiger partial charge in [0.25, 0.3) is 0 Å². The number of benzene rings is 2. The molecule has 0 heterocycles. The Morgan fingerprint density at radius 2 is 1.65 bits per heavy atom. The van der Waals surface area contributed by atoms with E-state index in [9.17, 15) is 13.2 Å². The van der Waals surface area contributed by atoms with Crippen molar-refractivity contribution >= 4 is 0 Å². The molecule has 0 fully saturated rings. The van der Waals surface area contributed by atoms with Crippen molar-refractivity contribution in [3.8, 4) is 0 Å². The lowest BCUT2D eigenvalue weighted by Gasteiger charge is -2.20. The third-order valence-electron chi connectivity index (χ3n) is 3.24. The van der Waals surface area contributed by atoms with Gasteiger partial charge < -0.3 is 0 Å². The lowest BCUT2D eigenvalue weighted by atomic mass is 9.95. The van der Waals surface area contributed by atoms with Crippen molar-refractivity contribution in [1.82, 2.24) is 5.43 Å². The Hall–Kier alpha value is -1.85. The molecular weight excluding hydrogens is 265 g/mol. The number of hydrogen-bond acceptors (Lipinski definition) is 2. The van der Waals surface area contributed by atoms with Crippen molar-refractivity contribution in [1.29, 1.82) is 0 Å². The molecule has 20 heavy (non-hydrogen) atoms. The molecule has 0 spiro atoms. The molecule has 0 bridgehead atoms. The predicted molar refractivity (Wildman–Crippen MR) is 71.4 cm³/mol. The molecule has 2 nitrogen and oxygen atoms in total. The lowest BCUT2D eigenvalue weighted by Crippen LogP contribution is -2.31. The van der Waals surface area contributed by atoms with E-state index >= 15 is 0 Å². The van der Waals surface area contributed by atoms with Gasteiger partial charge in [-0.15, -0.1) is 0 Å². The van der Waals surface area contributed by atoms with Crippen molar-refractivity contribution in [2.75, 3.05) is 0 Å². The molecule has 0 aromatic heterocycles. The molecule has 1 unspecified atom stereocenters. The Balaban J connectivity index is 2.64. The second kappa shape index (κ2) is 5.64. The van der Waals surface area contributed by atoms with E-state index in [1.165, 1.54) is 25.1 Å². The van der Waals surface area contributed by atoms with Gasteiger partial charge in [-0.2, -0.15) is 0 Å². The number of rotatable bonds is 3. The number of aryl methyl sites for hydroxylation is 2. The van der Waals surface area contributed by atoms with Gasteiger partial charge in [0.05, 0.1) is 6.04 Å². The summed E-state index contributed by atoms with van der Waals surface area (Å²) in [5.41, 5.74) is 3.16. The van der Waals surface area contributed by atoms with Crippen LogP contribution in [0.1, 0.15) is 28.3 Å². The van der Waals surface area contributed by atoms with Gasteiger partial charge in [-0.25, -0.2) is 18.6 Å². The quantitative estimate of drug-likeness (QED) is 0.669. The van der Waals surface area contributed by atoms with Crippen molar-refractivity contribution in [2.45, 2.75) is 19.9 Å². The summed E-state index contributed by atoms with van der Waals surface area (Å²) in [5, 5.41) is 0. The fourth-order valence-corrected chi connectivity index (χ4v) is 2.16. The molecule has 106 valence electrons. The Morgan fingerprint density at radius 1 is 1.00 bits per heavy atom. The first kappa shape index (κ1) is 14.6. The maximum Gasteiger partial charge on any atom is 0.134 e. The number of nitrogens with one attached hydrogen (secondary N) is 1. The molecule has 0 aliphatic rings. The summed E-state index contributed by atoms with van der Waals surface area (Å²) in [6.45, 7) is 3.28. The first-order valence-corrected chi connectivity index (χ1v) is 6.12. The maximum absolute atomic E-state index is 14.2. The Bertz CT molecular complexity index is 641. The Morgan fingerprint density at radius 3 is 2.30 bits per heavy atom. The highest BCUT2D eigenvalue weighted by Crippen LogP contribution is 2.30. The molecule has 2 rings (SSSR count). The van der Waals surface area contributed by atoms with Crippen LogP contribution in [0.5, 0.6) is 0 Å². The van der Waals surface area contributed by atoms with Crippen LogP contribution in [0.25, 0.3) is 0 Å². The van der Waals surface area contributed by atoms with E-state index in [4.69, 9.17) is 5.84 Å². The molecule has 1 atom stereocenters. The topological polar surface area (TPSA) is 38.0 Å². The Labute approximate surface area is 115 Å². The summed E-state index contributed by atoms with van der Waals surface area (Å²) in [4.78, 5) is 0. The summed E-state index contributed by atoms with van der Waals surface area (Å²) in [6.07, 6.45) is 0. The van der Waals surface area contributed by atoms with Crippen LogP contribution in [0, 0.1) is 31.3 Å². The maximum atomic E-state index is 14.2. The fourth-order valence-electron chi connectivity index (χ4n) is 2.16. The molecule has 0 aliphatic heterocycles. The first-order chi connectivity index (χ1) is 9.45. The van der Waals surface area contributed by atoms with Crippen LogP contribution in [-0.2, 0) is 0 Å². The summed E-state index contributed by atoms with van der Waals surface area (Å²) in [5.74, 6) is 3.33. The molecule has 2 aromatic carbocycles. The van der Waals surface area contributed by atoms with E-state index in [0.717, 1.165) is 11.6 Å². The number of halogens is 3. The molecule has 0 saturated heterocycles. The van der Waals surface area contributed by atoms with Crippen LogP contribution in [-0.4, -0.2) is 0 Å². The van der Waals surface area contributed by atoms with Crippen LogP contribution in [0.4, 0.5) is 13.2 Å². The molecule has 0 saturated carbocycles. The highest BCUT2D eigenvalue weighted by molar-refractivity contribution is 5.38. The van der Waals surface area contributed by atoms with E-state index in [1.807, 2.05) is 0 Å². The van der Waals surface area contributed by atoms with Gasteiger partial charge in [0.2, 0.25) is 0 Å². The highest BCUT2D eigenvalue weighted by atomic mass is 19.1. The smallest absolute Gasteiger partial charge is 0.134 e. The minimum Gasteiger partial charge on any atom is -0.271 e. The number of hydrogen-bond donors (Lipinski definition) is 2. The van der Waals surface area contributed by atoms with E-state index < -0.39 is 23.5 Å². The standard InChI is InChI=1S/C15H15F3N2/c1-8-3-5-11(16)10(7-8)15(20-19)13-12(17)6-4-9(2)14(13)18/h3-7,15,20H,19H2,1-2H3. The molecule has 5 heteroatoms. The zero-order chi connectivity index (χ0) is 14.9. The number of hydrazine groups is 1. The van der Waals surface area contributed by atoms with E-state index in [-0.39, 0.29) is 16.7 Å². The average Bonchev–Trinajstić information content (AvgIpc) is 2.42. The van der Waals surface area contributed by atoms with Crippen LogP contribution in [0.2, 0.25) is 0 Å². The Kier molecular flexibility index (Phi) is 4.11. The van der Waals surface area contributed by atoms with Crippen LogP contribution in [0.3, 0.4) is 0 Å². The number of nitrogens with two attached hydrogens (primary N) is 1. The van der Waals surface area contributed by atoms with Crippen molar-refractivity contribution < 1.29 is 13.2 Å². The molecular formula is C15H15F3N2. The molecule has 2 aromatic rings. The van der Waals surface area contributed by atoms with Gasteiger partial charge in [-0.1, -0.05) is 23.8 Å². The van der Waals surface area contributed by atoms with Crippen molar-refractivity contribution in [3.05, 3.63) is 70.0 Å². The van der Waals surface area contributed by atoms with E-state index in [1.54, 1.807) is 13.0 Å². The molecule has 0 aliphatic carbocycles. The van der Waals surface area contributed by atoms with Crippen LogP contribution >= 0.6 is 0 Å². The van der Waals surface area contributed by atoms with Gasteiger partial charge in [0.1, 0.15) is 17.5 Å². The lowest BCUT2D eigenvalue weighted by molar-refractivity contribution is 0.492. The summed E-state index contributed by atoms with van der Waals surface area (Å²) in [6, 6.07) is 5.73. The van der Waals surface area contributed by atoms with Crippen molar-refractivity contribution in [3.63, 3.8) is 0 Å². The predicted octanol–water partition coefficient (Wildman–Crippen LogP) is 3.27. The van der Waals surface area contributed by atoms with E-state index in [0.29, 0.717) is 0 Å². The van der Waals surface area contributed by atoms with Gasteiger partial charge in [-0.3, -0.25) is 5.84 Å². The monoisotopic (exact) mass is 280 g/mol. The molecule has 3 N–H and O–H groups in total. The van der Waals surface area contributed by atoms with Crippen LogP contribution in [0.15, 0.2) is 30.3 Å². The van der Waals surface area contributed by atoms with Gasteiger partial charge in [0, 0.05) is 11.1 Å². The SMILES string of the molecule is Cc1ccc(F)c(C(NN)c2c(F)ccc(C)c2F)c1. The second-order valence-corrected chi connectivity index (χ2v) is 4.72. The van der Waals surface area contributed by atoms with Gasteiger partial charge >= 0.3 is 0 Å². The second-order valence-electron chi connectivity index (χ2n) is 4.72. The van der Waals surface area contributed by atoms with Gasteiger partial charge in [0.15, 0.2) is 0 Å². The summed E-state index contributed by atoms with van der Waals surface area (Å²) in [7, 11) is 0. The largest absolute Gasteiger partial charge is 0.271 e. The average molecular weight is 280 g/mol. The van der Waals surface area contributed by atoms with Crippen molar-refractivity contribution in [2.24, 2.45) is 5.84 Å². The zero-order valence-electron chi connectivity index (χ0n) is 11.2. The summed E-state index contributed by atoms with van der Waals surface area (Å²) >= 11 is 0. The molecule has 0 amide bonds. The minimum atomic E-state index is -1.09. The minimum absolute atomic E-state index is 0.107. The third kappa shape index (κ3) is 2.55. The zero-order valence-corrected chi connectivity index (χ0v) is 11.2. The fraction of sp³-hybridized carbons (Fsp3) is 0.200. The highest BCUT2D eigenvalue weighted by Gasteiger charge is 2.24. The summed E-state index contributed by atoms with van der Waals surface area (Å²) < 4.78 is 42.0. The van der Waals surface area contributed by atoms with E-state index in [2.05, 4.69) is 5.43 Å². The first-order valence-electron chi connectivity index (χ1n) is 6.12.